The zero-order chi connectivity index (χ0) is 17.4. The van der Waals surface area contributed by atoms with Crippen molar-refractivity contribution in [2.24, 2.45) is 0 Å². The van der Waals surface area contributed by atoms with Crippen LogP contribution in [-0.4, -0.2) is 20.0 Å². The minimum atomic E-state index is -0.191. The van der Waals surface area contributed by atoms with Crippen LogP contribution in [0.2, 0.25) is 0 Å². The Hall–Kier alpha value is -2.64. The highest BCUT2D eigenvalue weighted by atomic mass is 32.2. The number of aryl methyl sites for hydroxylation is 1. The molecule has 25 heavy (non-hydrogen) atoms. The normalized spacial score (nSPS) is 15.8. The van der Waals surface area contributed by atoms with Crippen LogP contribution in [0.4, 0.5) is 0 Å². The Balaban J connectivity index is 1.84. The fourth-order valence-electron chi connectivity index (χ4n) is 2.52. The molecule has 3 aromatic rings. The summed E-state index contributed by atoms with van der Waals surface area (Å²) >= 11 is 6.30. The van der Waals surface area contributed by atoms with Gasteiger partial charge in [-0.1, -0.05) is 42.2 Å². The van der Waals surface area contributed by atoms with Crippen molar-refractivity contribution in [3.63, 3.8) is 0 Å². The van der Waals surface area contributed by atoms with Gasteiger partial charge in [0.15, 0.2) is 5.76 Å². The second kappa shape index (κ2) is 6.34. The fraction of sp³-hybridized carbons (Fsp3) is 0.0556. The van der Waals surface area contributed by atoms with E-state index in [-0.39, 0.29) is 5.91 Å². The molecule has 0 aliphatic carbocycles. The maximum absolute atomic E-state index is 12.0. The maximum atomic E-state index is 12.0. The molecule has 1 fully saturated rings. The van der Waals surface area contributed by atoms with Crippen LogP contribution >= 0.6 is 24.0 Å². The summed E-state index contributed by atoms with van der Waals surface area (Å²) in [5.41, 5.74) is 2.40. The topological polar surface area (TPSA) is 60.1 Å². The lowest BCUT2D eigenvalue weighted by Gasteiger charge is -1.98. The van der Waals surface area contributed by atoms with Crippen LogP contribution in [0.3, 0.4) is 0 Å². The number of carbonyl (C=O) groups is 1. The molecule has 124 valence electrons. The summed E-state index contributed by atoms with van der Waals surface area (Å²) in [4.78, 5) is 12.5. The number of thiocarbonyl (C=S) groups is 1. The Morgan fingerprint density at radius 1 is 1.24 bits per heavy atom. The Morgan fingerprint density at radius 3 is 2.68 bits per heavy atom. The van der Waals surface area contributed by atoms with Gasteiger partial charge in [0.1, 0.15) is 15.8 Å². The van der Waals surface area contributed by atoms with Crippen LogP contribution in [0.5, 0.6) is 0 Å². The fourth-order valence-corrected chi connectivity index (χ4v) is 3.56. The van der Waals surface area contributed by atoms with E-state index in [1.54, 1.807) is 10.8 Å². The Kier molecular flexibility index (Phi) is 4.03. The second-order valence-electron chi connectivity index (χ2n) is 5.48. The van der Waals surface area contributed by atoms with E-state index in [1.807, 2.05) is 55.6 Å². The predicted molar refractivity (Wildman–Crippen MR) is 102 cm³/mol. The lowest BCUT2D eigenvalue weighted by molar-refractivity contribution is -0.115. The van der Waals surface area contributed by atoms with Gasteiger partial charge in [-0.3, -0.25) is 4.79 Å². The van der Waals surface area contributed by atoms with E-state index in [9.17, 15) is 4.79 Å². The zero-order valence-electron chi connectivity index (χ0n) is 13.2. The smallest absolute Gasteiger partial charge is 0.263 e. The molecule has 1 aliphatic heterocycles. The van der Waals surface area contributed by atoms with Crippen molar-refractivity contribution >= 4 is 40.3 Å². The van der Waals surface area contributed by atoms with Gasteiger partial charge in [0, 0.05) is 11.8 Å². The van der Waals surface area contributed by atoms with Gasteiger partial charge in [-0.05, 0) is 37.3 Å². The third-order valence-electron chi connectivity index (χ3n) is 3.67. The number of benzene rings is 1. The number of amides is 1. The molecule has 1 N–H and O–H groups in total. The van der Waals surface area contributed by atoms with E-state index in [0.29, 0.717) is 20.7 Å². The number of hydrogen-bond donors (Lipinski definition) is 1. The van der Waals surface area contributed by atoms with Crippen molar-refractivity contribution < 1.29 is 9.21 Å². The van der Waals surface area contributed by atoms with Crippen molar-refractivity contribution in [2.45, 2.75) is 6.92 Å². The number of hydrogen-bond acceptors (Lipinski definition) is 5. The van der Waals surface area contributed by atoms with E-state index in [1.165, 1.54) is 11.8 Å². The number of carbonyl (C=O) groups excluding carboxylic acids is 1. The minimum Gasteiger partial charge on any atom is -0.460 e. The number of rotatable bonds is 3. The molecule has 0 unspecified atom stereocenters. The summed E-state index contributed by atoms with van der Waals surface area (Å²) < 4.78 is 7.97. The largest absolute Gasteiger partial charge is 0.460 e. The van der Waals surface area contributed by atoms with E-state index in [2.05, 4.69) is 10.4 Å². The van der Waals surface area contributed by atoms with E-state index in [0.717, 1.165) is 17.0 Å². The highest BCUT2D eigenvalue weighted by molar-refractivity contribution is 8.26. The standard InChI is InChI=1S/C18H13N3O2S2/c1-11-7-8-14(23-11)16-12(9-15-17(22)19-18(24)25-15)10-21(20-16)13-5-3-2-4-6-13/h2-10H,1H3,(H,19,22,24)/b15-9-. The molecule has 2 aromatic heterocycles. The number of nitrogens with one attached hydrogen (secondary N) is 1. The molecule has 0 atom stereocenters. The molecule has 3 heterocycles. The SMILES string of the molecule is Cc1ccc(-c2nn(-c3ccccc3)cc2/C=C2\SC(=S)NC2=O)o1. The molecule has 1 amide bonds. The van der Waals surface area contributed by atoms with Crippen molar-refractivity contribution in [3.8, 4) is 17.1 Å². The van der Waals surface area contributed by atoms with Crippen molar-refractivity contribution in [1.29, 1.82) is 0 Å². The van der Waals surface area contributed by atoms with E-state index < -0.39 is 0 Å². The number of thioether (sulfide) groups is 1. The predicted octanol–water partition coefficient (Wildman–Crippen LogP) is 3.93. The molecule has 0 saturated carbocycles. The Bertz CT molecular complexity index is 1000. The highest BCUT2D eigenvalue weighted by Gasteiger charge is 2.24. The quantitative estimate of drug-likeness (QED) is 0.561. The van der Waals surface area contributed by atoms with Gasteiger partial charge in [-0.15, -0.1) is 0 Å². The summed E-state index contributed by atoms with van der Waals surface area (Å²) in [6, 6.07) is 13.5. The number of nitrogens with zero attached hydrogens (tertiary/aromatic N) is 2. The van der Waals surface area contributed by atoms with Crippen molar-refractivity contribution in [1.82, 2.24) is 15.1 Å². The van der Waals surface area contributed by atoms with Gasteiger partial charge in [0.25, 0.3) is 5.91 Å². The molecule has 1 aliphatic rings. The molecule has 1 saturated heterocycles. The maximum Gasteiger partial charge on any atom is 0.263 e. The van der Waals surface area contributed by atoms with Gasteiger partial charge in [0.05, 0.1) is 10.6 Å². The van der Waals surface area contributed by atoms with Gasteiger partial charge >= 0.3 is 0 Å². The van der Waals surface area contributed by atoms with Gasteiger partial charge in [-0.2, -0.15) is 5.10 Å². The number of furan rings is 1. The lowest BCUT2D eigenvalue weighted by Crippen LogP contribution is -2.17. The Morgan fingerprint density at radius 2 is 2.04 bits per heavy atom. The van der Waals surface area contributed by atoms with Crippen molar-refractivity contribution in [3.05, 3.63) is 64.9 Å². The first-order valence-corrected chi connectivity index (χ1v) is 8.79. The summed E-state index contributed by atoms with van der Waals surface area (Å²) in [6.07, 6.45) is 3.67. The lowest BCUT2D eigenvalue weighted by atomic mass is 10.2. The van der Waals surface area contributed by atoms with E-state index in [4.69, 9.17) is 16.6 Å². The summed E-state index contributed by atoms with van der Waals surface area (Å²) in [7, 11) is 0. The van der Waals surface area contributed by atoms with Crippen LogP contribution in [-0.2, 0) is 4.79 Å². The third kappa shape index (κ3) is 3.16. The second-order valence-corrected chi connectivity index (χ2v) is 7.19. The third-order valence-corrected chi connectivity index (χ3v) is 4.83. The molecule has 7 heteroatoms. The number of para-hydroxylation sites is 1. The molecular weight excluding hydrogens is 354 g/mol. The van der Waals surface area contributed by atoms with Crippen LogP contribution in [0.1, 0.15) is 11.3 Å². The highest BCUT2D eigenvalue weighted by Crippen LogP contribution is 2.31. The monoisotopic (exact) mass is 367 g/mol. The van der Waals surface area contributed by atoms with E-state index >= 15 is 0 Å². The minimum absolute atomic E-state index is 0.191. The average Bonchev–Trinajstić information content (AvgIpc) is 3.28. The van der Waals surface area contributed by atoms with Gasteiger partial charge in [-0.25, -0.2) is 4.68 Å². The molecule has 0 radical (unpaired) electrons. The molecule has 5 nitrogen and oxygen atoms in total. The number of aromatic nitrogens is 2. The Labute approximate surface area is 153 Å². The zero-order valence-corrected chi connectivity index (χ0v) is 14.9. The average molecular weight is 367 g/mol. The van der Waals surface area contributed by atoms with Crippen LogP contribution in [0, 0.1) is 6.92 Å². The molecule has 4 rings (SSSR count). The summed E-state index contributed by atoms with van der Waals surface area (Å²) in [6.45, 7) is 1.88. The van der Waals surface area contributed by atoms with Crippen LogP contribution in [0.25, 0.3) is 23.2 Å². The summed E-state index contributed by atoms with van der Waals surface area (Å²) in [5.74, 6) is 1.27. The van der Waals surface area contributed by atoms with Gasteiger partial charge in [0.2, 0.25) is 0 Å². The van der Waals surface area contributed by atoms with Gasteiger partial charge < -0.3 is 9.73 Å². The first-order chi connectivity index (χ1) is 12.1. The molecular formula is C18H13N3O2S2. The first kappa shape index (κ1) is 15.9. The van der Waals surface area contributed by atoms with Crippen LogP contribution < -0.4 is 5.32 Å². The molecule has 0 bridgehead atoms. The van der Waals surface area contributed by atoms with Crippen molar-refractivity contribution in [2.75, 3.05) is 0 Å². The molecule has 1 aromatic carbocycles. The van der Waals surface area contributed by atoms with Crippen LogP contribution in [0.15, 0.2) is 58.0 Å². The summed E-state index contributed by atoms with van der Waals surface area (Å²) in [5, 5.41) is 7.28. The first-order valence-electron chi connectivity index (χ1n) is 7.57. The molecule has 0 spiro atoms.